The monoisotopic (exact) mass is 300 g/mol. The Morgan fingerprint density at radius 1 is 1.24 bits per heavy atom. The molecule has 2 heterocycles. The first-order chi connectivity index (χ1) is 10.1. The normalized spacial score (nSPS) is 10.9. The average Bonchev–Trinajstić information content (AvgIpc) is 2.88. The van der Waals surface area contributed by atoms with Crippen LogP contribution in [-0.4, -0.2) is 19.5 Å². The third-order valence-corrected chi connectivity index (χ3v) is 4.18. The molecule has 0 atom stereocenters. The number of nitro groups is 1. The van der Waals surface area contributed by atoms with Crippen molar-refractivity contribution in [3.05, 3.63) is 58.5 Å². The third kappa shape index (κ3) is 2.73. The number of nitrogens with zero attached hydrogens (tertiary/aromatic N) is 4. The molecule has 1 aromatic carbocycles. The number of rotatable bonds is 4. The number of thioether (sulfide) groups is 1. The smallest absolute Gasteiger partial charge is 0.269 e. The molecular weight excluding hydrogens is 288 g/mol. The molecule has 0 bridgehead atoms. The molecule has 0 aliphatic heterocycles. The van der Waals surface area contributed by atoms with Gasteiger partial charge >= 0.3 is 0 Å². The number of fused-ring (bicyclic) bond motifs is 1. The quantitative estimate of drug-likeness (QED) is 0.420. The molecule has 106 valence electrons. The van der Waals surface area contributed by atoms with Gasteiger partial charge in [0.1, 0.15) is 10.5 Å². The number of pyridine rings is 1. The van der Waals surface area contributed by atoms with Gasteiger partial charge in [-0.05, 0) is 11.6 Å². The van der Waals surface area contributed by atoms with Crippen molar-refractivity contribution in [1.82, 2.24) is 14.5 Å². The van der Waals surface area contributed by atoms with Crippen LogP contribution in [0.15, 0.2) is 47.9 Å². The van der Waals surface area contributed by atoms with E-state index in [4.69, 9.17) is 0 Å². The van der Waals surface area contributed by atoms with Crippen LogP contribution >= 0.6 is 11.8 Å². The Morgan fingerprint density at radius 2 is 2.00 bits per heavy atom. The maximum atomic E-state index is 10.6. The Bertz CT molecular complexity index is 798. The Hall–Kier alpha value is -2.41. The molecule has 0 radical (unpaired) electrons. The first-order valence-electron chi connectivity index (χ1n) is 6.27. The highest BCUT2D eigenvalue weighted by Crippen LogP contribution is 2.27. The van der Waals surface area contributed by atoms with Crippen LogP contribution in [0.3, 0.4) is 0 Å². The molecule has 0 aliphatic rings. The molecule has 0 spiro atoms. The van der Waals surface area contributed by atoms with Crippen LogP contribution in [0.25, 0.3) is 11.0 Å². The SMILES string of the molecule is Cn1cnc2c(SCc3ccc([N+](=O)[O-])cc3)nccc21. The van der Waals surface area contributed by atoms with Crippen molar-refractivity contribution in [3.8, 4) is 0 Å². The number of aromatic nitrogens is 3. The van der Waals surface area contributed by atoms with Crippen molar-refractivity contribution < 1.29 is 4.92 Å². The summed E-state index contributed by atoms with van der Waals surface area (Å²) in [6.07, 6.45) is 3.53. The highest BCUT2D eigenvalue weighted by molar-refractivity contribution is 7.98. The summed E-state index contributed by atoms with van der Waals surface area (Å²) in [4.78, 5) is 18.9. The molecule has 0 saturated heterocycles. The van der Waals surface area contributed by atoms with E-state index in [1.54, 1.807) is 36.4 Å². The maximum Gasteiger partial charge on any atom is 0.269 e. The van der Waals surface area contributed by atoms with Crippen molar-refractivity contribution in [1.29, 1.82) is 0 Å². The summed E-state index contributed by atoms with van der Waals surface area (Å²) in [7, 11) is 1.94. The van der Waals surface area contributed by atoms with Gasteiger partial charge in [0.25, 0.3) is 5.69 Å². The minimum Gasteiger partial charge on any atom is -0.334 e. The standard InChI is InChI=1S/C14H12N4O2S/c1-17-9-16-13-12(17)6-7-15-14(13)21-8-10-2-4-11(5-3-10)18(19)20/h2-7,9H,8H2,1H3. The van der Waals surface area contributed by atoms with Crippen LogP contribution in [0.5, 0.6) is 0 Å². The molecule has 21 heavy (non-hydrogen) atoms. The minimum atomic E-state index is -0.396. The Balaban J connectivity index is 1.78. The van der Waals surface area contributed by atoms with Gasteiger partial charge in [0.2, 0.25) is 0 Å². The summed E-state index contributed by atoms with van der Waals surface area (Å²) in [6, 6.07) is 8.50. The second-order valence-electron chi connectivity index (χ2n) is 4.55. The molecular formula is C14H12N4O2S. The average molecular weight is 300 g/mol. The zero-order valence-electron chi connectivity index (χ0n) is 11.3. The largest absolute Gasteiger partial charge is 0.334 e. The van der Waals surface area contributed by atoms with Crippen LogP contribution in [0, 0.1) is 10.1 Å². The van der Waals surface area contributed by atoms with Crippen LogP contribution in [0.1, 0.15) is 5.56 Å². The molecule has 6 nitrogen and oxygen atoms in total. The number of benzene rings is 1. The molecule has 0 amide bonds. The fourth-order valence-corrected chi connectivity index (χ4v) is 2.93. The second-order valence-corrected chi connectivity index (χ2v) is 5.52. The van der Waals surface area contributed by atoms with Gasteiger partial charge in [-0.15, -0.1) is 0 Å². The Morgan fingerprint density at radius 3 is 2.71 bits per heavy atom. The van der Waals surface area contributed by atoms with E-state index < -0.39 is 4.92 Å². The Kier molecular flexibility index (Phi) is 3.57. The van der Waals surface area contributed by atoms with E-state index in [1.807, 2.05) is 17.7 Å². The molecule has 3 rings (SSSR count). The van der Waals surface area contributed by atoms with E-state index in [2.05, 4.69) is 9.97 Å². The zero-order chi connectivity index (χ0) is 14.8. The van der Waals surface area contributed by atoms with Gasteiger partial charge in [-0.1, -0.05) is 23.9 Å². The highest BCUT2D eigenvalue weighted by Gasteiger charge is 2.09. The molecule has 3 aromatic rings. The fraction of sp³-hybridized carbons (Fsp3) is 0.143. The summed E-state index contributed by atoms with van der Waals surface area (Å²) in [5.74, 6) is 0.695. The predicted molar refractivity (Wildman–Crippen MR) is 81.2 cm³/mol. The maximum absolute atomic E-state index is 10.6. The first-order valence-corrected chi connectivity index (χ1v) is 7.26. The number of hydrogen-bond acceptors (Lipinski definition) is 5. The molecule has 0 N–H and O–H groups in total. The van der Waals surface area contributed by atoms with Crippen molar-refractivity contribution in [2.75, 3.05) is 0 Å². The molecule has 0 unspecified atom stereocenters. The van der Waals surface area contributed by atoms with Gasteiger partial charge in [-0.3, -0.25) is 10.1 Å². The van der Waals surface area contributed by atoms with Crippen LogP contribution < -0.4 is 0 Å². The lowest BCUT2D eigenvalue weighted by Gasteiger charge is -2.02. The summed E-state index contributed by atoms with van der Waals surface area (Å²) in [5.41, 5.74) is 3.04. The third-order valence-electron chi connectivity index (χ3n) is 3.13. The lowest BCUT2D eigenvalue weighted by atomic mass is 10.2. The van der Waals surface area contributed by atoms with Gasteiger partial charge in [0.15, 0.2) is 0 Å². The van der Waals surface area contributed by atoms with E-state index in [9.17, 15) is 10.1 Å². The van der Waals surface area contributed by atoms with Crippen LogP contribution in [-0.2, 0) is 12.8 Å². The van der Waals surface area contributed by atoms with Gasteiger partial charge in [-0.25, -0.2) is 9.97 Å². The molecule has 0 fully saturated rings. The van der Waals surface area contributed by atoms with E-state index in [1.165, 1.54) is 12.1 Å². The Labute approximate surface area is 125 Å². The lowest BCUT2D eigenvalue weighted by Crippen LogP contribution is -1.89. The number of hydrogen-bond donors (Lipinski definition) is 0. The van der Waals surface area contributed by atoms with Crippen molar-refractivity contribution in [3.63, 3.8) is 0 Å². The molecule has 0 saturated carbocycles. The van der Waals surface area contributed by atoms with Crippen molar-refractivity contribution in [2.45, 2.75) is 10.8 Å². The van der Waals surface area contributed by atoms with Crippen LogP contribution in [0.4, 0.5) is 5.69 Å². The fourth-order valence-electron chi connectivity index (χ4n) is 2.01. The van der Waals surface area contributed by atoms with Gasteiger partial charge in [0, 0.05) is 31.1 Å². The van der Waals surface area contributed by atoms with Crippen molar-refractivity contribution in [2.24, 2.45) is 7.05 Å². The summed E-state index contributed by atoms with van der Waals surface area (Å²) in [6.45, 7) is 0. The van der Waals surface area contributed by atoms with Crippen molar-refractivity contribution >= 4 is 28.5 Å². The van der Waals surface area contributed by atoms with E-state index in [0.29, 0.717) is 5.75 Å². The highest BCUT2D eigenvalue weighted by atomic mass is 32.2. The molecule has 2 aromatic heterocycles. The minimum absolute atomic E-state index is 0.105. The number of non-ortho nitro benzene ring substituents is 1. The zero-order valence-corrected chi connectivity index (χ0v) is 12.1. The molecule has 0 aliphatic carbocycles. The lowest BCUT2D eigenvalue weighted by molar-refractivity contribution is -0.384. The number of imidazole rings is 1. The second kappa shape index (κ2) is 5.53. The number of aryl methyl sites for hydroxylation is 1. The molecule has 7 heteroatoms. The predicted octanol–water partition coefficient (Wildman–Crippen LogP) is 3.17. The summed E-state index contributed by atoms with van der Waals surface area (Å²) in [5, 5.41) is 11.5. The summed E-state index contributed by atoms with van der Waals surface area (Å²) >= 11 is 1.57. The van der Waals surface area contributed by atoms with Gasteiger partial charge in [-0.2, -0.15) is 0 Å². The van der Waals surface area contributed by atoms with E-state index in [-0.39, 0.29) is 5.69 Å². The van der Waals surface area contributed by atoms with E-state index >= 15 is 0 Å². The first kappa shape index (κ1) is 13.6. The summed E-state index contributed by atoms with van der Waals surface area (Å²) < 4.78 is 1.95. The van der Waals surface area contributed by atoms with Crippen LogP contribution in [0.2, 0.25) is 0 Å². The van der Waals surface area contributed by atoms with E-state index in [0.717, 1.165) is 21.6 Å². The van der Waals surface area contributed by atoms with Gasteiger partial charge < -0.3 is 4.57 Å². The number of nitro benzene ring substituents is 1. The topological polar surface area (TPSA) is 73.8 Å². The van der Waals surface area contributed by atoms with Gasteiger partial charge in [0.05, 0.1) is 16.8 Å².